The van der Waals surface area contributed by atoms with Crippen LogP contribution >= 0.6 is 0 Å². The highest BCUT2D eigenvalue weighted by molar-refractivity contribution is 6.09. The largest absolute Gasteiger partial charge is 0.497 e. The van der Waals surface area contributed by atoms with Gasteiger partial charge >= 0.3 is 6.03 Å². The summed E-state index contributed by atoms with van der Waals surface area (Å²) in [5.74, 6) is -0.00761. The zero-order valence-electron chi connectivity index (χ0n) is 20.7. The number of hydrogen-bond donors (Lipinski definition) is 2. The Morgan fingerprint density at radius 1 is 1.06 bits per heavy atom. The molecule has 2 saturated heterocycles. The molecule has 2 N–H and O–H groups in total. The first kappa shape index (κ1) is 24.7. The summed E-state index contributed by atoms with van der Waals surface area (Å²) in [7, 11) is 1.64. The van der Waals surface area contributed by atoms with Gasteiger partial charge in [-0.25, -0.2) is 4.79 Å². The number of carbonyl (C=O) groups is 3. The third-order valence-corrected chi connectivity index (χ3v) is 7.03. The second-order valence-electron chi connectivity index (χ2n) is 9.50. The fourth-order valence-electron chi connectivity index (χ4n) is 4.85. The third-order valence-electron chi connectivity index (χ3n) is 7.03. The normalized spacial score (nSPS) is 21.5. The number of nitrogens with zero attached hydrogens (tertiary/aromatic N) is 2. The summed E-state index contributed by atoms with van der Waals surface area (Å²) in [6.07, 6.45) is 3.46. The van der Waals surface area contributed by atoms with Crippen LogP contribution in [0.25, 0.3) is 0 Å². The second kappa shape index (κ2) is 10.5. The Morgan fingerprint density at radius 3 is 2.34 bits per heavy atom. The van der Waals surface area contributed by atoms with Crippen molar-refractivity contribution in [3.63, 3.8) is 0 Å². The number of likely N-dealkylation sites (tertiary alicyclic amines) is 1. The number of methoxy groups -OCH3 is 1. The quantitative estimate of drug-likeness (QED) is 0.569. The minimum Gasteiger partial charge on any atom is -0.497 e. The number of rotatable bonds is 8. The third kappa shape index (κ3) is 5.32. The van der Waals surface area contributed by atoms with Gasteiger partial charge in [-0.05, 0) is 63.0 Å². The van der Waals surface area contributed by atoms with E-state index in [1.165, 1.54) is 6.42 Å². The maximum absolute atomic E-state index is 13.2. The highest BCUT2D eigenvalue weighted by atomic mass is 16.5. The van der Waals surface area contributed by atoms with Crippen molar-refractivity contribution in [1.82, 2.24) is 20.4 Å². The molecule has 2 atom stereocenters. The Kier molecular flexibility index (Phi) is 7.40. The van der Waals surface area contributed by atoms with Gasteiger partial charge in [-0.2, -0.15) is 0 Å². The van der Waals surface area contributed by atoms with E-state index in [-0.39, 0.29) is 18.5 Å². The monoisotopic (exact) mass is 478 g/mol. The zero-order chi connectivity index (χ0) is 25.0. The number of aryl methyl sites for hydroxylation is 1. The molecule has 0 spiro atoms. The molecule has 2 heterocycles. The molecule has 8 heteroatoms. The number of benzene rings is 2. The van der Waals surface area contributed by atoms with Crippen LogP contribution < -0.4 is 15.4 Å². The summed E-state index contributed by atoms with van der Waals surface area (Å²) in [5.41, 5.74) is 1.65. The van der Waals surface area contributed by atoms with Crippen LogP contribution in [0.3, 0.4) is 0 Å². The molecule has 2 aliphatic rings. The molecular formula is C27H34N4O4. The molecule has 2 unspecified atom stereocenters. The fourth-order valence-corrected chi connectivity index (χ4v) is 4.85. The molecule has 2 fully saturated rings. The Labute approximate surface area is 206 Å². The zero-order valence-corrected chi connectivity index (χ0v) is 20.7. The first-order valence-electron chi connectivity index (χ1n) is 12.2. The smallest absolute Gasteiger partial charge is 0.325 e. The van der Waals surface area contributed by atoms with Gasteiger partial charge in [0.15, 0.2) is 0 Å². The Hall–Kier alpha value is -3.39. The predicted octanol–water partition coefficient (Wildman–Crippen LogP) is 3.11. The Morgan fingerprint density at radius 2 is 1.71 bits per heavy atom. The molecule has 35 heavy (non-hydrogen) atoms. The Balaban J connectivity index is 1.42. The number of amides is 4. The molecule has 0 radical (unpaired) electrons. The average Bonchev–Trinajstić information content (AvgIpc) is 3.09. The molecule has 186 valence electrons. The lowest BCUT2D eigenvalue weighted by Gasteiger charge is -2.35. The van der Waals surface area contributed by atoms with Crippen LogP contribution in [0, 0.1) is 6.92 Å². The van der Waals surface area contributed by atoms with Crippen molar-refractivity contribution in [2.75, 3.05) is 33.3 Å². The van der Waals surface area contributed by atoms with Crippen LogP contribution in [0.2, 0.25) is 0 Å². The van der Waals surface area contributed by atoms with E-state index in [2.05, 4.69) is 15.5 Å². The predicted molar refractivity (Wildman–Crippen MR) is 133 cm³/mol. The lowest BCUT2D eigenvalue weighted by atomic mass is 9.91. The number of imide groups is 1. The van der Waals surface area contributed by atoms with Crippen molar-refractivity contribution in [3.05, 3.63) is 65.2 Å². The maximum Gasteiger partial charge on any atom is 0.325 e. The average molecular weight is 479 g/mol. The van der Waals surface area contributed by atoms with E-state index in [1.54, 1.807) is 14.0 Å². The standard InChI is InChI=1S/C27H34N4O4/c1-19-7-11-21(12-8-19)27(2)25(33)31(26(34)29-27)18-24(32)28-17-23(30-15-5-4-6-16-30)20-9-13-22(35-3)14-10-20/h7-14,23H,4-6,15-18H2,1-3H3,(H,28,32)(H,29,34). The van der Waals surface area contributed by atoms with Crippen molar-refractivity contribution in [2.45, 2.75) is 44.7 Å². The fraction of sp³-hybridized carbons (Fsp3) is 0.444. The van der Waals surface area contributed by atoms with Crippen LogP contribution in [0.4, 0.5) is 4.79 Å². The summed E-state index contributed by atoms with van der Waals surface area (Å²) in [4.78, 5) is 42.1. The lowest BCUT2D eigenvalue weighted by Crippen LogP contribution is -2.45. The van der Waals surface area contributed by atoms with Gasteiger partial charge in [0.25, 0.3) is 5.91 Å². The van der Waals surface area contributed by atoms with Gasteiger partial charge in [0, 0.05) is 6.54 Å². The first-order valence-corrected chi connectivity index (χ1v) is 12.2. The van der Waals surface area contributed by atoms with E-state index >= 15 is 0 Å². The number of carbonyl (C=O) groups excluding carboxylic acids is 3. The molecule has 4 rings (SSSR count). The van der Waals surface area contributed by atoms with E-state index in [0.29, 0.717) is 12.1 Å². The van der Waals surface area contributed by atoms with Gasteiger partial charge in [-0.3, -0.25) is 19.4 Å². The minimum atomic E-state index is -1.19. The van der Waals surface area contributed by atoms with Gasteiger partial charge in [-0.1, -0.05) is 48.4 Å². The van der Waals surface area contributed by atoms with Gasteiger partial charge < -0.3 is 15.4 Å². The van der Waals surface area contributed by atoms with E-state index in [9.17, 15) is 14.4 Å². The second-order valence-corrected chi connectivity index (χ2v) is 9.50. The summed E-state index contributed by atoms with van der Waals surface area (Å²) in [6, 6.07) is 14.8. The van der Waals surface area contributed by atoms with E-state index < -0.39 is 17.5 Å². The van der Waals surface area contributed by atoms with Gasteiger partial charge in [0.05, 0.1) is 13.2 Å². The SMILES string of the molecule is COc1ccc(C(CNC(=O)CN2C(=O)NC(C)(c3ccc(C)cc3)C2=O)N2CCCCC2)cc1. The molecule has 8 nitrogen and oxygen atoms in total. The van der Waals surface area contributed by atoms with Crippen molar-refractivity contribution >= 4 is 17.8 Å². The van der Waals surface area contributed by atoms with Crippen LogP contribution in [0.1, 0.15) is 48.9 Å². The summed E-state index contributed by atoms with van der Waals surface area (Å²) < 4.78 is 5.28. The molecule has 2 aromatic rings. The van der Waals surface area contributed by atoms with E-state index in [4.69, 9.17) is 4.74 Å². The van der Waals surface area contributed by atoms with Crippen molar-refractivity contribution < 1.29 is 19.1 Å². The minimum absolute atomic E-state index is 0.00564. The van der Waals surface area contributed by atoms with Crippen molar-refractivity contribution in [2.24, 2.45) is 0 Å². The first-order chi connectivity index (χ1) is 16.8. The lowest BCUT2D eigenvalue weighted by molar-refractivity contribution is -0.134. The molecular weight excluding hydrogens is 444 g/mol. The maximum atomic E-state index is 13.2. The number of hydrogen-bond acceptors (Lipinski definition) is 5. The van der Waals surface area contributed by atoms with E-state index in [1.807, 2.05) is 55.5 Å². The molecule has 2 aliphatic heterocycles. The number of urea groups is 1. The van der Waals surface area contributed by atoms with Crippen LogP contribution in [0.5, 0.6) is 5.75 Å². The van der Waals surface area contributed by atoms with Crippen LogP contribution in [-0.4, -0.2) is 60.9 Å². The number of piperidine rings is 1. The molecule has 0 saturated carbocycles. The van der Waals surface area contributed by atoms with E-state index in [0.717, 1.165) is 47.7 Å². The van der Waals surface area contributed by atoms with Gasteiger partial charge in [-0.15, -0.1) is 0 Å². The highest BCUT2D eigenvalue weighted by Crippen LogP contribution is 2.29. The topological polar surface area (TPSA) is 91.0 Å². The summed E-state index contributed by atoms with van der Waals surface area (Å²) in [5, 5.41) is 5.73. The number of nitrogens with one attached hydrogen (secondary N) is 2. The van der Waals surface area contributed by atoms with Crippen molar-refractivity contribution in [3.8, 4) is 5.75 Å². The molecule has 0 bridgehead atoms. The molecule has 0 aliphatic carbocycles. The molecule has 2 aromatic carbocycles. The van der Waals surface area contributed by atoms with Crippen LogP contribution in [0.15, 0.2) is 48.5 Å². The summed E-state index contributed by atoms with van der Waals surface area (Å²) >= 11 is 0. The Bertz CT molecular complexity index is 1060. The van der Waals surface area contributed by atoms with Crippen molar-refractivity contribution in [1.29, 1.82) is 0 Å². The highest BCUT2D eigenvalue weighted by Gasteiger charge is 2.49. The van der Waals surface area contributed by atoms with Gasteiger partial charge in [0.2, 0.25) is 5.91 Å². The molecule has 4 amide bonds. The summed E-state index contributed by atoms with van der Waals surface area (Å²) in [6.45, 7) is 5.64. The molecule has 0 aromatic heterocycles. The van der Waals surface area contributed by atoms with Crippen LogP contribution in [-0.2, 0) is 15.1 Å². The number of ether oxygens (including phenoxy) is 1. The van der Waals surface area contributed by atoms with Gasteiger partial charge in [0.1, 0.15) is 17.8 Å².